The largest absolute Gasteiger partial charge is 0.481 e. The summed E-state index contributed by atoms with van der Waals surface area (Å²) in [5.74, 6) is 1.95. The summed E-state index contributed by atoms with van der Waals surface area (Å²) in [4.78, 5) is 14.8. The van der Waals surface area contributed by atoms with Crippen molar-refractivity contribution in [3.63, 3.8) is 0 Å². The molecule has 18 heavy (non-hydrogen) atoms. The summed E-state index contributed by atoms with van der Waals surface area (Å²) < 4.78 is 5.21. The molecule has 1 fully saturated rings. The van der Waals surface area contributed by atoms with Gasteiger partial charge < -0.3 is 9.63 Å². The van der Waals surface area contributed by atoms with Gasteiger partial charge in [0, 0.05) is 18.8 Å². The Bertz CT molecular complexity index is 403. The Morgan fingerprint density at radius 2 is 2.28 bits per heavy atom. The van der Waals surface area contributed by atoms with Crippen LogP contribution in [-0.4, -0.2) is 21.2 Å². The second-order valence-electron chi connectivity index (χ2n) is 5.26. The molecule has 1 aromatic rings. The van der Waals surface area contributed by atoms with E-state index in [9.17, 15) is 4.79 Å². The zero-order valence-corrected chi connectivity index (χ0v) is 10.8. The topological polar surface area (TPSA) is 76.2 Å². The minimum atomic E-state index is -0.749. The van der Waals surface area contributed by atoms with E-state index in [4.69, 9.17) is 9.63 Å². The van der Waals surface area contributed by atoms with Crippen LogP contribution in [0.2, 0.25) is 0 Å². The van der Waals surface area contributed by atoms with Crippen LogP contribution in [0, 0.1) is 5.92 Å². The summed E-state index contributed by atoms with van der Waals surface area (Å²) in [6.07, 6.45) is 5.89. The van der Waals surface area contributed by atoms with Gasteiger partial charge in [-0.1, -0.05) is 12.1 Å². The first-order valence-electron chi connectivity index (χ1n) is 6.69. The second-order valence-corrected chi connectivity index (χ2v) is 5.26. The first kappa shape index (κ1) is 13.1. The summed E-state index contributed by atoms with van der Waals surface area (Å²) in [6.45, 7) is 2.26. The number of carboxylic acid groups (broad SMARTS) is 1. The number of nitrogens with zero attached hydrogens (tertiary/aromatic N) is 2. The van der Waals surface area contributed by atoms with Crippen LogP contribution in [0.5, 0.6) is 0 Å². The fourth-order valence-electron chi connectivity index (χ4n) is 2.53. The van der Waals surface area contributed by atoms with Crippen LogP contribution in [0.3, 0.4) is 0 Å². The summed E-state index contributed by atoms with van der Waals surface area (Å²) in [6, 6.07) is 0. The lowest BCUT2D eigenvalue weighted by atomic mass is 10.1. The number of carboxylic acids is 1. The number of unbranched alkanes of at least 4 members (excludes halogenated alkanes) is 1. The molecule has 100 valence electrons. The molecule has 1 heterocycles. The highest BCUT2D eigenvalue weighted by atomic mass is 16.5. The molecule has 2 unspecified atom stereocenters. The Hall–Kier alpha value is -1.39. The van der Waals surface area contributed by atoms with E-state index in [1.807, 2.05) is 0 Å². The molecule has 2 rings (SSSR count). The molecule has 0 aromatic carbocycles. The van der Waals surface area contributed by atoms with Gasteiger partial charge in [0.1, 0.15) is 0 Å². The van der Waals surface area contributed by atoms with Crippen molar-refractivity contribution in [1.29, 1.82) is 0 Å². The average Bonchev–Trinajstić information content (AvgIpc) is 2.93. The Morgan fingerprint density at radius 1 is 1.44 bits per heavy atom. The molecule has 0 bridgehead atoms. The van der Waals surface area contributed by atoms with Gasteiger partial charge >= 0.3 is 5.97 Å². The maximum Gasteiger partial charge on any atom is 0.303 e. The summed E-state index contributed by atoms with van der Waals surface area (Å²) in [5.41, 5.74) is 0. The number of carbonyl (C=O) groups is 1. The lowest BCUT2D eigenvalue weighted by Crippen LogP contribution is -1.97. The van der Waals surface area contributed by atoms with Crippen LogP contribution in [0.25, 0.3) is 0 Å². The molecule has 0 saturated heterocycles. The summed E-state index contributed by atoms with van der Waals surface area (Å²) >= 11 is 0. The van der Waals surface area contributed by atoms with Crippen molar-refractivity contribution in [3.05, 3.63) is 11.7 Å². The third-order valence-corrected chi connectivity index (χ3v) is 3.58. The third kappa shape index (κ3) is 3.55. The molecule has 1 N–H and O–H groups in total. The number of hydrogen-bond acceptors (Lipinski definition) is 4. The SMILES string of the molecule is CC1CCC(c2noc(CCCCC(=O)O)n2)C1. The molecule has 0 radical (unpaired) electrons. The predicted octanol–water partition coefficient (Wildman–Crippen LogP) is 2.77. The van der Waals surface area contributed by atoms with Gasteiger partial charge in [0.15, 0.2) is 5.82 Å². The predicted molar refractivity (Wildman–Crippen MR) is 65.2 cm³/mol. The molecule has 1 saturated carbocycles. The van der Waals surface area contributed by atoms with Gasteiger partial charge in [-0.05, 0) is 38.0 Å². The van der Waals surface area contributed by atoms with Crippen molar-refractivity contribution in [2.75, 3.05) is 0 Å². The molecule has 0 amide bonds. The molecule has 1 aliphatic rings. The van der Waals surface area contributed by atoms with Crippen LogP contribution in [0.15, 0.2) is 4.52 Å². The van der Waals surface area contributed by atoms with Crippen LogP contribution in [0.1, 0.15) is 63.1 Å². The van der Waals surface area contributed by atoms with Crippen molar-refractivity contribution in [2.24, 2.45) is 5.92 Å². The first-order chi connectivity index (χ1) is 8.65. The smallest absolute Gasteiger partial charge is 0.303 e. The standard InChI is InChI=1S/C13H20N2O3/c1-9-6-7-10(8-9)13-14-11(18-15-13)4-2-3-5-12(16)17/h9-10H,2-8H2,1H3,(H,16,17). The van der Waals surface area contributed by atoms with Gasteiger partial charge in [-0.15, -0.1) is 0 Å². The number of aromatic nitrogens is 2. The van der Waals surface area contributed by atoms with E-state index in [-0.39, 0.29) is 6.42 Å². The van der Waals surface area contributed by atoms with E-state index in [0.717, 1.165) is 31.0 Å². The van der Waals surface area contributed by atoms with Crippen molar-refractivity contribution in [2.45, 2.75) is 57.8 Å². The Kier molecular flexibility index (Phi) is 4.33. The molecule has 2 atom stereocenters. The summed E-state index contributed by atoms with van der Waals surface area (Å²) in [5, 5.41) is 12.6. The second kappa shape index (κ2) is 5.98. The van der Waals surface area contributed by atoms with E-state index >= 15 is 0 Å². The maximum atomic E-state index is 10.4. The average molecular weight is 252 g/mol. The van der Waals surface area contributed by atoms with Gasteiger partial charge in [-0.25, -0.2) is 0 Å². The molecule has 5 nitrogen and oxygen atoms in total. The Balaban J connectivity index is 1.77. The Morgan fingerprint density at radius 3 is 2.94 bits per heavy atom. The number of hydrogen-bond donors (Lipinski definition) is 1. The summed E-state index contributed by atoms with van der Waals surface area (Å²) in [7, 11) is 0. The van der Waals surface area contributed by atoms with Crippen molar-refractivity contribution >= 4 is 5.97 Å². The van der Waals surface area contributed by atoms with Gasteiger partial charge in [-0.3, -0.25) is 4.79 Å². The number of aryl methyl sites for hydroxylation is 1. The fraction of sp³-hybridized carbons (Fsp3) is 0.769. The Labute approximate surface area is 107 Å². The van der Waals surface area contributed by atoms with E-state index in [1.54, 1.807) is 0 Å². The molecule has 5 heteroatoms. The number of rotatable bonds is 6. The zero-order chi connectivity index (χ0) is 13.0. The van der Waals surface area contributed by atoms with E-state index in [2.05, 4.69) is 17.1 Å². The lowest BCUT2D eigenvalue weighted by Gasteiger charge is -2.01. The normalized spacial score (nSPS) is 23.4. The van der Waals surface area contributed by atoms with Crippen molar-refractivity contribution < 1.29 is 14.4 Å². The molecule has 0 aliphatic heterocycles. The monoisotopic (exact) mass is 252 g/mol. The third-order valence-electron chi connectivity index (χ3n) is 3.58. The van der Waals surface area contributed by atoms with Crippen LogP contribution < -0.4 is 0 Å². The first-order valence-corrected chi connectivity index (χ1v) is 6.69. The van der Waals surface area contributed by atoms with Crippen LogP contribution in [-0.2, 0) is 11.2 Å². The minimum absolute atomic E-state index is 0.209. The zero-order valence-electron chi connectivity index (χ0n) is 10.8. The van der Waals surface area contributed by atoms with Gasteiger partial charge in [0.25, 0.3) is 0 Å². The quantitative estimate of drug-likeness (QED) is 0.788. The van der Waals surface area contributed by atoms with Crippen LogP contribution in [0.4, 0.5) is 0 Å². The highest BCUT2D eigenvalue weighted by molar-refractivity contribution is 5.66. The molecule has 1 aliphatic carbocycles. The fourth-order valence-corrected chi connectivity index (χ4v) is 2.53. The molecule has 1 aromatic heterocycles. The van der Waals surface area contributed by atoms with Gasteiger partial charge in [-0.2, -0.15) is 4.98 Å². The van der Waals surface area contributed by atoms with Crippen LogP contribution >= 0.6 is 0 Å². The van der Waals surface area contributed by atoms with E-state index < -0.39 is 5.97 Å². The maximum absolute atomic E-state index is 10.4. The van der Waals surface area contributed by atoms with Gasteiger partial charge in [0.2, 0.25) is 5.89 Å². The van der Waals surface area contributed by atoms with Crippen molar-refractivity contribution in [1.82, 2.24) is 10.1 Å². The highest BCUT2D eigenvalue weighted by Gasteiger charge is 2.26. The highest BCUT2D eigenvalue weighted by Crippen LogP contribution is 2.36. The van der Waals surface area contributed by atoms with Crippen molar-refractivity contribution in [3.8, 4) is 0 Å². The van der Waals surface area contributed by atoms with Gasteiger partial charge in [0.05, 0.1) is 0 Å². The molecular weight excluding hydrogens is 232 g/mol. The molecule has 0 spiro atoms. The number of aliphatic carboxylic acids is 1. The lowest BCUT2D eigenvalue weighted by molar-refractivity contribution is -0.137. The van der Waals surface area contributed by atoms with E-state index in [0.29, 0.717) is 24.7 Å². The molecular formula is C13H20N2O3. The van der Waals surface area contributed by atoms with E-state index in [1.165, 1.54) is 6.42 Å². The minimum Gasteiger partial charge on any atom is -0.481 e.